The van der Waals surface area contributed by atoms with E-state index < -0.39 is 9.84 Å². The molecular formula is C17H24N2O4S. The normalized spacial score (nSPS) is 23.3. The summed E-state index contributed by atoms with van der Waals surface area (Å²) >= 11 is 0. The van der Waals surface area contributed by atoms with E-state index in [9.17, 15) is 13.2 Å². The van der Waals surface area contributed by atoms with Crippen LogP contribution in [0.4, 0.5) is 5.69 Å². The van der Waals surface area contributed by atoms with Gasteiger partial charge in [0.25, 0.3) is 0 Å². The van der Waals surface area contributed by atoms with Crippen molar-refractivity contribution in [3.8, 4) is 5.75 Å². The smallest absolute Gasteiger partial charge is 0.223 e. The summed E-state index contributed by atoms with van der Waals surface area (Å²) in [7, 11) is -1.26. The van der Waals surface area contributed by atoms with Crippen LogP contribution in [0.1, 0.15) is 12.8 Å². The molecular weight excluding hydrogens is 328 g/mol. The molecule has 2 fully saturated rings. The number of methoxy groups -OCH3 is 1. The molecule has 7 heteroatoms. The Hall–Kier alpha value is -1.76. The van der Waals surface area contributed by atoms with Crippen molar-refractivity contribution >= 4 is 21.4 Å². The predicted molar refractivity (Wildman–Crippen MR) is 93.2 cm³/mol. The van der Waals surface area contributed by atoms with Crippen LogP contribution in [-0.4, -0.2) is 64.0 Å². The molecule has 24 heavy (non-hydrogen) atoms. The third kappa shape index (κ3) is 4.01. The molecule has 0 unspecified atom stereocenters. The van der Waals surface area contributed by atoms with E-state index in [4.69, 9.17) is 4.74 Å². The molecule has 0 spiro atoms. The summed E-state index contributed by atoms with van der Waals surface area (Å²) in [6.07, 6.45) is 0.982. The first-order valence-corrected chi connectivity index (χ1v) is 10.2. The molecule has 6 nitrogen and oxygen atoms in total. The van der Waals surface area contributed by atoms with E-state index in [1.165, 1.54) is 0 Å². The van der Waals surface area contributed by atoms with Crippen molar-refractivity contribution in [1.29, 1.82) is 0 Å². The first kappa shape index (κ1) is 17.1. The van der Waals surface area contributed by atoms with E-state index in [2.05, 4.69) is 4.90 Å². The molecule has 2 aliphatic heterocycles. The van der Waals surface area contributed by atoms with Gasteiger partial charge in [-0.05, 0) is 24.5 Å². The van der Waals surface area contributed by atoms with E-state index in [0.29, 0.717) is 25.9 Å². The molecule has 0 bridgehead atoms. The van der Waals surface area contributed by atoms with Crippen molar-refractivity contribution in [2.75, 3.05) is 49.7 Å². The molecule has 1 atom stereocenters. The number of sulfone groups is 1. The highest BCUT2D eigenvalue weighted by atomic mass is 32.2. The monoisotopic (exact) mass is 352 g/mol. The summed E-state index contributed by atoms with van der Waals surface area (Å²) in [4.78, 5) is 16.5. The predicted octanol–water partition coefficient (Wildman–Crippen LogP) is 1.17. The van der Waals surface area contributed by atoms with E-state index >= 15 is 0 Å². The Morgan fingerprint density at radius 3 is 2.62 bits per heavy atom. The highest BCUT2D eigenvalue weighted by Crippen LogP contribution is 2.24. The average molecular weight is 352 g/mol. The number of carbonyl (C=O) groups is 1. The van der Waals surface area contributed by atoms with Crippen LogP contribution in [0, 0.1) is 5.92 Å². The summed E-state index contributed by atoms with van der Waals surface area (Å²) in [6.45, 7) is 2.91. The molecule has 0 N–H and O–H groups in total. The van der Waals surface area contributed by atoms with Crippen LogP contribution in [0.15, 0.2) is 24.3 Å². The second kappa shape index (κ2) is 7.01. The van der Waals surface area contributed by atoms with Gasteiger partial charge < -0.3 is 14.5 Å². The molecule has 132 valence electrons. The molecule has 0 aromatic heterocycles. The van der Waals surface area contributed by atoms with Crippen molar-refractivity contribution < 1.29 is 17.9 Å². The number of piperazine rings is 1. The number of benzene rings is 1. The van der Waals surface area contributed by atoms with E-state index in [1.807, 2.05) is 29.2 Å². The van der Waals surface area contributed by atoms with Crippen LogP contribution in [0.2, 0.25) is 0 Å². The zero-order chi connectivity index (χ0) is 17.2. The van der Waals surface area contributed by atoms with Gasteiger partial charge in [-0.25, -0.2) is 8.42 Å². The second-order valence-corrected chi connectivity index (χ2v) is 8.77. The number of ether oxygens (including phenoxy) is 1. The van der Waals surface area contributed by atoms with Gasteiger partial charge in [-0.3, -0.25) is 4.79 Å². The van der Waals surface area contributed by atoms with Gasteiger partial charge in [0.1, 0.15) is 5.75 Å². The van der Waals surface area contributed by atoms with Gasteiger partial charge in [0, 0.05) is 44.4 Å². The lowest BCUT2D eigenvalue weighted by atomic mass is 10.0. The molecule has 1 amide bonds. The molecule has 2 saturated heterocycles. The Bertz CT molecular complexity index is 696. The molecule has 0 radical (unpaired) electrons. The fourth-order valence-electron chi connectivity index (χ4n) is 3.43. The zero-order valence-corrected chi connectivity index (χ0v) is 14.8. The Kier molecular flexibility index (Phi) is 4.99. The van der Waals surface area contributed by atoms with Crippen molar-refractivity contribution in [2.45, 2.75) is 12.8 Å². The largest absolute Gasteiger partial charge is 0.497 e. The third-order valence-electron chi connectivity index (χ3n) is 4.84. The molecule has 1 aromatic rings. The van der Waals surface area contributed by atoms with E-state index in [-0.39, 0.29) is 23.3 Å². The van der Waals surface area contributed by atoms with Gasteiger partial charge in [-0.2, -0.15) is 0 Å². The minimum atomic E-state index is -2.91. The number of amides is 1. The topological polar surface area (TPSA) is 66.9 Å². The quantitative estimate of drug-likeness (QED) is 0.814. The van der Waals surface area contributed by atoms with Crippen LogP contribution in [0.25, 0.3) is 0 Å². The molecule has 0 saturated carbocycles. The lowest BCUT2D eigenvalue weighted by Gasteiger charge is -2.36. The molecule has 2 aliphatic rings. The molecule has 0 aliphatic carbocycles. The maximum atomic E-state index is 12.4. The van der Waals surface area contributed by atoms with Crippen molar-refractivity contribution in [1.82, 2.24) is 4.90 Å². The lowest BCUT2D eigenvalue weighted by molar-refractivity contribution is -0.132. The standard InChI is InChI=1S/C17H24N2O4S/c1-23-16-4-2-3-15(12-16)18-6-8-19(9-7-18)17(20)11-14-5-10-24(21,22)13-14/h2-4,12,14H,5-11,13H2,1H3/t14-/m0/s1. The van der Waals surface area contributed by atoms with Gasteiger partial charge in [0.2, 0.25) is 5.91 Å². The second-order valence-electron chi connectivity index (χ2n) is 6.54. The zero-order valence-electron chi connectivity index (χ0n) is 14.0. The van der Waals surface area contributed by atoms with Crippen LogP contribution in [0.3, 0.4) is 0 Å². The molecule has 1 aromatic carbocycles. The van der Waals surface area contributed by atoms with Crippen LogP contribution in [-0.2, 0) is 14.6 Å². The maximum absolute atomic E-state index is 12.4. The summed E-state index contributed by atoms with van der Waals surface area (Å²) < 4.78 is 28.3. The fourth-order valence-corrected chi connectivity index (χ4v) is 5.29. The number of hydrogen-bond donors (Lipinski definition) is 0. The highest BCUT2D eigenvalue weighted by Gasteiger charge is 2.31. The first-order valence-electron chi connectivity index (χ1n) is 8.34. The van der Waals surface area contributed by atoms with Gasteiger partial charge in [-0.1, -0.05) is 6.07 Å². The summed E-state index contributed by atoms with van der Waals surface area (Å²) in [6, 6.07) is 7.93. The Morgan fingerprint density at radius 2 is 2.00 bits per heavy atom. The molecule has 3 rings (SSSR count). The average Bonchev–Trinajstić information content (AvgIpc) is 2.93. The SMILES string of the molecule is COc1cccc(N2CCN(C(=O)C[C@@H]3CCS(=O)(=O)C3)CC2)c1. The summed E-state index contributed by atoms with van der Waals surface area (Å²) in [5.74, 6) is 1.31. The fraction of sp³-hybridized carbons (Fsp3) is 0.588. The lowest BCUT2D eigenvalue weighted by Crippen LogP contribution is -2.49. The Labute approximate surface area is 143 Å². The first-order chi connectivity index (χ1) is 11.5. The van der Waals surface area contributed by atoms with E-state index in [1.54, 1.807) is 7.11 Å². The maximum Gasteiger partial charge on any atom is 0.223 e. The Balaban J connectivity index is 1.52. The minimum Gasteiger partial charge on any atom is -0.497 e. The van der Waals surface area contributed by atoms with Gasteiger partial charge in [-0.15, -0.1) is 0 Å². The third-order valence-corrected chi connectivity index (χ3v) is 6.68. The van der Waals surface area contributed by atoms with Gasteiger partial charge in [0.15, 0.2) is 9.84 Å². The van der Waals surface area contributed by atoms with Crippen molar-refractivity contribution in [3.63, 3.8) is 0 Å². The number of rotatable bonds is 4. The number of hydrogen-bond acceptors (Lipinski definition) is 5. The number of anilines is 1. The van der Waals surface area contributed by atoms with Crippen LogP contribution < -0.4 is 9.64 Å². The van der Waals surface area contributed by atoms with Gasteiger partial charge >= 0.3 is 0 Å². The Morgan fingerprint density at radius 1 is 1.25 bits per heavy atom. The van der Waals surface area contributed by atoms with Gasteiger partial charge in [0.05, 0.1) is 18.6 Å². The van der Waals surface area contributed by atoms with Crippen LogP contribution >= 0.6 is 0 Å². The van der Waals surface area contributed by atoms with Crippen molar-refractivity contribution in [2.24, 2.45) is 5.92 Å². The minimum absolute atomic E-state index is 0.00101. The number of carbonyl (C=O) groups excluding carboxylic acids is 1. The van der Waals surface area contributed by atoms with E-state index in [0.717, 1.165) is 24.5 Å². The van der Waals surface area contributed by atoms with Crippen molar-refractivity contribution in [3.05, 3.63) is 24.3 Å². The summed E-state index contributed by atoms with van der Waals surface area (Å²) in [5.41, 5.74) is 1.10. The number of nitrogens with zero attached hydrogens (tertiary/aromatic N) is 2. The summed E-state index contributed by atoms with van der Waals surface area (Å²) in [5, 5.41) is 0. The highest BCUT2D eigenvalue weighted by molar-refractivity contribution is 7.91. The van der Waals surface area contributed by atoms with Crippen LogP contribution in [0.5, 0.6) is 5.75 Å². The molecule has 2 heterocycles.